The molecule has 0 aliphatic heterocycles. The average molecular weight is 334 g/mol. The van der Waals surface area contributed by atoms with Crippen molar-refractivity contribution in [1.29, 1.82) is 0 Å². The minimum absolute atomic E-state index is 0.528. The van der Waals surface area contributed by atoms with Crippen molar-refractivity contribution in [3.05, 3.63) is 38.3 Å². The molecule has 0 saturated carbocycles. The van der Waals surface area contributed by atoms with E-state index in [1.54, 1.807) is 0 Å². The van der Waals surface area contributed by atoms with E-state index in [2.05, 4.69) is 11.9 Å². The molecule has 0 fully saturated rings. The van der Waals surface area contributed by atoms with Crippen LogP contribution in [0.1, 0.15) is 19.8 Å². The third-order valence-corrected chi connectivity index (χ3v) is 5.88. The van der Waals surface area contributed by atoms with Crippen molar-refractivity contribution < 1.29 is 4.74 Å². The van der Waals surface area contributed by atoms with E-state index in [1.165, 1.54) is 20.7 Å². The molecule has 0 aliphatic carbocycles. The summed E-state index contributed by atoms with van der Waals surface area (Å²) in [7, 11) is 2.90. The number of benzene rings is 1. The maximum atomic E-state index is 6.04. The third-order valence-electron chi connectivity index (χ3n) is 2.39. The molecule has 0 radical (unpaired) electrons. The van der Waals surface area contributed by atoms with Gasteiger partial charge in [-0.25, -0.2) is 4.99 Å². The van der Waals surface area contributed by atoms with Crippen LogP contribution in [0.25, 0.3) is 0 Å². The Morgan fingerprint density at radius 3 is 2.47 bits per heavy atom. The second-order valence-electron chi connectivity index (χ2n) is 3.87. The molecular weight excluding hydrogens is 321 g/mol. The highest BCUT2D eigenvalue weighted by Crippen LogP contribution is 2.27. The van der Waals surface area contributed by atoms with Crippen LogP contribution in [0.2, 0.25) is 9.36 Å². The summed E-state index contributed by atoms with van der Waals surface area (Å²) in [5.74, 6) is 0.866. The predicted molar refractivity (Wildman–Crippen MR) is 84.3 cm³/mol. The van der Waals surface area contributed by atoms with E-state index in [9.17, 15) is 0 Å². The molecule has 6 heteroatoms. The van der Waals surface area contributed by atoms with Crippen LogP contribution in [0.3, 0.4) is 0 Å². The zero-order valence-electron chi connectivity index (χ0n) is 10.4. The van der Waals surface area contributed by atoms with Crippen molar-refractivity contribution >= 4 is 49.6 Å². The van der Waals surface area contributed by atoms with Crippen molar-refractivity contribution in [3.63, 3.8) is 0 Å². The molecule has 2 nitrogen and oxygen atoms in total. The van der Waals surface area contributed by atoms with Crippen LogP contribution in [-0.4, -0.2) is 6.61 Å². The fraction of sp³-hybridized carbons (Fsp3) is 0.308. The Hall–Kier alpha value is -0.550. The van der Waals surface area contributed by atoms with Crippen LogP contribution in [0, 0.1) is 0 Å². The van der Waals surface area contributed by atoms with Gasteiger partial charge in [0.15, 0.2) is 0 Å². The van der Waals surface area contributed by atoms with Gasteiger partial charge in [-0.15, -0.1) is 0 Å². The summed E-state index contributed by atoms with van der Waals surface area (Å²) in [5.41, 5.74) is 0.843. The molecule has 0 spiro atoms. The van der Waals surface area contributed by atoms with Crippen molar-refractivity contribution in [1.82, 2.24) is 0 Å². The summed E-state index contributed by atoms with van der Waals surface area (Å²) in [4.78, 5) is 4.46. The highest BCUT2D eigenvalue weighted by atomic mass is 35.5. The largest absolute Gasteiger partial charge is 0.494 e. The zero-order valence-corrected chi connectivity index (χ0v) is 13.5. The lowest BCUT2D eigenvalue weighted by atomic mass is 10.3. The Morgan fingerprint density at radius 2 is 1.89 bits per heavy atom. The first-order chi connectivity index (χ1) is 9.20. The van der Waals surface area contributed by atoms with Gasteiger partial charge in [-0.3, -0.25) is 0 Å². The summed E-state index contributed by atoms with van der Waals surface area (Å²) >= 11 is 12.0. The second-order valence-corrected chi connectivity index (χ2v) is 6.98. The van der Waals surface area contributed by atoms with E-state index >= 15 is 0 Å². The molecule has 102 valence electrons. The monoisotopic (exact) mass is 333 g/mol. The average Bonchev–Trinajstić information content (AvgIpc) is 2.73. The number of hydrogen-bond donors (Lipinski definition) is 0. The van der Waals surface area contributed by atoms with Gasteiger partial charge < -0.3 is 4.74 Å². The summed E-state index contributed by atoms with van der Waals surface area (Å²) < 4.78 is 6.93. The number of hydrogen-bond acceptors (Lipinski definition) is 4. The molecular formula is C13H13Cl2NOS2. The predicted octanol–water partition coefficient (Wildman–Crippen LogP) is 5.53. The molecule has 0 amide bonds. The van der Waals surface area contributed by atoms with Gasteiger partial charge in [0.1, 0.15) is 19.8 Å². The molecule has 2 rings (SSSR count). The molecule has 2 aromatic rings. The van der Waals surface area contributed by atoms with Gasteiger partial charge in [-0.1, -0.05) is 57.2 Å². The fourth-order valence-corrected chi connectivity index (χ4v) is 4.12. The molecule has 1 aromatic carbocycles. The van der Waals surface area contributed by atoms with Crippen molar-refractivity contribution in [2.24, 2.45) is 4.99 Å². The topological polar surface area (TPSA) is 21.6 Å². The lowest BCUT2D eigenvalue weighted by molar-refractivity contribution is 0.309. The lowest BCUT2D eigenvalue weighted by Gasteiger charge is -2.04. The van der Waals surface area contributed by atoms with Gasteiger partial charge in [0.05, 0.1) is 12.3 Å². The lowest BCUT2D eigenvalue weighted by Crippen LogP contribution is -1.96. The molecule has 1 heterocycles. The van der Waals surface area contributed by atoms with Gasteiger partial charge in [-0.2, -0.15) is 0 Å². The Bertz CT molecular complexity index is 589. The van der Waals surface area contributed by atoms with E-state index in [-0.39, 0.29) is 0 Å². The van der Waals surface area contributed by atoms with E-state index in [4.69, 9.17) is 27.9 Å². The van der Waals surface area contributed by atoms with Gasteiger partial charge >= 0.3 is 0 Å². The number of halogens is 2. The zero-order chi connectivity index (χ0) is 13.7. The van der Waals surface area contributed by atoms with Crippen molar-refractivity contribution in [2.45, 2.75) is 19.8 Å². The third kappa shape index (κ3) is 4.21. The quantitative estimate of drug-likeness (QED) is 0.520. The smallest absolute Gasteiger partial charge is 0.147 e. The maximum absolute atomic E-state index is 6.04. The van der Waals surface area contributed by atoms with Gasteiger partial charge in [0.25, 0.3) is 0 Å². The Labute approximate surface area is 129 Å². The molecule has 0 bridgehead atoms. The van der Waals surface area contributed by atoms with Crippen LogP contribution in [0.4, 0.5) is 5.69 Å². The van der Waals surface area contributed by atoms with E-state index in [1.807, 2.05) is 24.3 Å². The second kappa shape index (κ2) is 7.29. The van der Waals surface area contributed by atoms with Crippen molar-refractivity contribution in [2.75, 3.05) is 6.61 Å². The Kier molecular flexibility index (Phi) is 5.70. The molecule has 19 heavy (non-hydrogen) atoms. The Morgan fingerprint density at radius 1 is 1.16 bits per heavy atom. The van der Waals surface area contributed by atoms with E-state index in [0.29, 0.717) is 9.36 Å². The van der Waals surface area contributed by atoms with Gasteiger partial charge in [-0.05, 0) is 30.7 Å². The number of rotatable bonds is 5. The maximum Gasteiger partial charge on any atom is 0.147 e. The molecule has 0 atom stereocenters. The minimum Gasteiger partial charge on any atom is -0.494 e. The van der Waals surface area contributed by atoms with Crippen LogP contribution in [-0.2, 0) is 0 Å². The molecule has 0 aliphatic rings. The SMILES string of the molecule is CCCCOc1ccc(N=c2ssc(Cl)c2Cl)cc1. The van der Waals surface area contributed by atoms with Crippen molar-refractivity contribution in [3.8, 4) is 5.75 Å². The van der Waals surface area contributed by atoms with Gasteiger partial charge in [0, 0.05) is 0 Å². The van der Waals surface area contributed by atoms with Crippen LogP contribution >= 0.6 is 43.9 Å². The van der Waals surface area contributed by atoms with E-state index in [0.717, 1.165) is 35.6 Å². The van der Waals surface area contributed by atoms with Crippen LogP contribution < -0.4 is 9.41 Å². The normalized spacial score (nSPS) is 11.8. The fourth-order valence-electron chi connectivity index (χ4n) is 1.37. The summed E-state index contributed by atoms with van der Waals surface area (Å²) in [6.07, 6.45) is 2.20. The summed E-state index contributed by atoms with van der Waals surface area (Å²) in [5, 5.41) is 0.528. The number of unbranched alkanes of at least 4 members (excludes halogenated alkanes) is 1. The first-order valence-corrected chi connectivity index (χ1v) is 8.83. The molecule has 0 saturated heterocycles. The van der Waals surface area contributed by atoms with Crippen LogP contribution in [0.15, 0.2) is 29.3 Å². The van der Waals surface area contributed by atoms with Gasteiger partial charge in [0.2, 0.25) is 0 Å². The van der Waals surface area contributed by atoms with E-state index < -0.39 is 0 Å². The minimum atomic E-state index is 0.528. The molecule has 0 unspecified atom stereocenters. The van der Waals surface area contributed by atoms with Crippen LogP contribution in [0.5, 0.6) is 5.75 Å². The highest BCUT2D eigenvalue weighted by Gasteiger charge is 2.03. The summed E-state index contributed by atoms with van der Waals surface area (Å²) in [6.45, 7) is 2.89. The first-order valence-electron chi connectivity index (χ1n) is 5.92. The first kappa shape index (κ1) is 14.9. The molecule has 1 aromatic heterocycles. The number of ether oxygens (including phenoxy) is 1. The standard InChI is InChI=1S/C13H13Cl2NOS2/c1-2-3-8-17-10-6-4-9(5-7-10)16-13-11(14)12(15)18-19-13/h4-7H,2-3,8H2,1H3. The Balaban J connectivity index is 2.10. The number of nitrogens with zero attached hydrogens (tertiary/aromatic N) is 1. The highest BCUT2D eigenvalue weighted by molar-refractivity contribution is 7.69. The molecule has 0 N–H and O–H groups in total. The summed E-state index contributed by atoms with van der Waals surface area (Å²) in [6, 6.07) is 7.66.